The zero-order valence-electron chi connectivity index (χ0n) is 17.0. The zero-order valence-corrected chi connectivity index (χ0v) is 18.6. The van der Waals surface area contributed by atoms with E-state index in [1.807, 2.05) is 20.8 Å². The number of unbranched alkanes of at least 4 members (excludes halogenated alkanes) is 1. The molecule has 0 aromatic heterocycles. The van der Waals surface area contributed by atoms with Crippen molar-refractivity contribution in [1.29, 1.82) is 0 Å². The standard InChI is InChI=1S/C19H33N3O3S.ClH/c1-6-7-13-21(4)19(23)16-10-8-9-11-18(16)26(24,25)22(5)14-12-17(20)15(2)3;/h8-11,15,17H,6-7,12-14,20H2,1-5H3;1H. The Bertz CT molecular complexity index is 695. The lowest BCUT2D eigenvalue weighted by atomic mass is 10.0. The first kappa shape index (κ1) is 25.9. The second-order valence-electron chi connectivity index (χ2n) is 7.10. The van der Waals surface area contributed by atoms with Gasteiger partial charge in [-0.3, -0.25) is 4.79 Å². The van der Waals surface area contributed by atoms with Gasteiger partial charge in [-0.15, -0.1) is 12.4 Å². The summed E-state index contributed by atoms with van der Waals surface area (Å²) < 4.78 is 27.3. The fraction of sp³-hybridized carbons (Fsp3) is 0.632. The normalized spacial score (nSPS) is 12.7. The summed E-state index contributed by atoms with van der Waals surface area (Å²) >= 11 is 0. The van der Waals surface area contributed by atoms with E-state index in [4.69, 9.17) is 5.73 Å². The van der Waals surface area contributed by atoms with Gasteiger partial charge in [-0.05, 0) is 30.9 Å². The lowest BCUT2D eigenvalue weighted by molar-refractivity contribution is 0.0789. The van der Waals surface area contributed by atoms with Crippen LogP contribution in [0, 0.1) is 5.92 Å². The minimum absolute atomic E-state index is 0. The van der Waals surface area contributed by atoms with Gasteiger partial charge in [0, 0.05) is 33.2 Å². The highest BCUT2D eigenvalue weighted by molar-refractivity contribution is 7.89. The molecule has 0 saturated carbocycles. The van der Waals surface area contributed by atoms with Gasteiger partial charge in [0.05, 0.1) is 10.5 Å². The maximum absolute atomic E-state index is 13.0. The summed E-state index contributed by atoms with van der Waals surface area (Å²) in [5.41, 5.74) is 6.24. The van der Waals surface area contributed by atoms with Crippen LogP contribution in [0.1, 0.15) is 50.4 Å². The predicted octanol–water partition coefficient (Wildman–Crippen LogP) is 2.97. The van der Waals surface area contributed by atoms with Crippen LogP contribution in [0.2, 0.25) is 0 Å². The van der Waals surface area contributed by atoms with Gasteiger partial charge in [-0.25, -0.2) is 12.7 Å². The molecule has 156 valence electrons. The summed E-state index contributed by atoms with van der Waals surface area (Å²) in [5.74, 6) is 0.0112. The van der Waals surface area contributed by atoms with Crippen molar-refractivity contribution >= 4 is 28.3 Å². The Balaban J connectivity index is 0.00000676. The van der Waals surface area contributed by atoms with E-state index < -0.39 is 10.0 Å². The van der Waals surface area contributed by atoms with Crippen LogP contribution < -0.4 is 5.73 Å². The van der Waals surface area contributed by atoms with Crippen LogP contribution in [0.15, 0.2) is 29.2 Å². The summed E-state index contributed by atoms with van der Waals surface area (Å²) in [4.78, 5) is 14.3. The van der Waals surface area contributed by atoms with Gasteiger partial charge in [0.1, 0.15) is 0 Å². The molecular formula is C19H34ClN3O3S. The highest BCUT2D eigenvalue weighted by Gasteiger charge is 2.27. The average molecular weight is 420 g/mol. The molecule has 0 fully saturated rings. The predicted molar refractivity (Wildman–Crippen MR) is 113 cm³/mol. The van der Waals surface area contributed by atoms with Crippen LogP contribution in [-0.4, -0.2) is 56.8 Å². The third-order valence-corrected chi connectivity index (χ3v) is 6.55. The van der Waals surface area contributed by atoms with E-state index in [2.05, 4.69) is 0 Å². The van der Waals surface area contributed by atoms with Crippen molar-refractivity contribution in [2.45, 2.75) is 51.0 Å². The first-order valence-electron chi connectivity index (χ1n) is 9.19. The van der Waals surface area contributed by atoms with E-state index in [9.17, 15) is 13.2 Å². The summed E-state index contributed by atoms with van der Waals surface area (Å²) in [6, 6.07) is 6.34. The van der Waals surface area contributed by atoms with E-state index in [1.54, 1.807) is 30.1 Å². The number of carbonyl (C=O) groups excluding carboxylic acids is 1. The molecular weight excluding hydrogens is 386 g/mol. The SMILES string of the molecule is CCCCN(C)C(=O)c1ccccc1S(=O)(=O)N(C)CCC(N)C(C)C.Cl. The quantitative estimate of drug-likeness (QED) is 0.631. The van der Waals surface area contributed by atoms with Crippen LogP contribution in [0.3, 0.4) is 0 Å². The Morgan fingerprint density at radius 2 is 1.74 bits per heavy atom. The van der Waals surface area contributed by atoms with Crippen LogP contribution >= 0.6 is 12.4 Å². The Kier molecular flexibility index (Phi) is 11.1. The number of nitrogens with two attached hydrogens (primary N) is 1. The fourth-order valence-corrected chi connectivity index (χ4v) is 3.89. The van der Waals surface area contributed by atoms with Crippen LogP contribution in [-0.2, 0) is 10.0 Å². The minimum Gasteiger partial charge on any atom is -0.342 e. The lowest BCUT2D eigenvalue weighted by Crippen LogP contribution is -2.36. The fourth-order valence-electron chi connectivity index (χ4n) is 2.52. The third-order valence-electron chi connectivity index (χ3n) is 4.63. The molecule has 0 aliphatic carbocycles. The molecule has 1 unspecified atom stereocenters. The van der Waals surface area contributed by atoms with Crippen molar-refractivity contribution in [1.82, 2.24) is 9.21 Å². The molecule has 1 rings (SSSR count). The first-order chi connectivity index (χ1) is 12.1. The molecule has 1 amide bonds. The Hall–Kier alpha value is -1.15. The number of amides is 1. The summed E-state index contributed by atoms with van der Waals surface area (Å²) in [7, 11) is -0.526. The number of carbonyl (C=O) groups is 1. The Morgan fingerprint density at radius 1 is 1.15 bits per heavy atom. The van der Waals surface area contributed by atoms with Crippen LogP contribution in [0.25, 0.3) is 0 Å². The van der Waals surface area contributed by atoms with E-state index in [-0.39, 0.29) is 40.7 Å². The molecule has 2 N–H and O–H groups in total. The number of rotatable bonds is 10. The van der Waals surface area contributed by atoms with Gasteiger partial charge in [-0.2, -0.15) is 0 Å². The molecule has 1 aromatic rings. The van der Waals surface area contributed by atoms with E-state index in [1.165, 1.54) is 17.4 Å². The van der Waals surface area contributed by atoms with Crippen molar-refractivity contribution in [2.75, 3.05) is 27.2 Å². The van der Waals surface area contributed by atoms with Gasteiger partial charge >= 0.3 is 0 Å². The van der Waals surface area contributed by atoms with E-state index in [0.717, 1.165) is 12.8 Å². The van der Waals surface area contributed by atoms with Crippen LogP contribution in [0.4, 0.5) is 0 Å². The zero-order chi connectivity index (χ0) is 19.9. The van der Waals surface area contributed by atoms with Crippen molar-refractivity contribution in [3.63, 3.8) is 0 Å². The summed E-state index contributed by atoms with van der Waals surface area (Å²) in [6.07, 6.45) is 2.42. The molecule has 0 spiro atoms. The molecule has 0 saturated heterocycles. The largest absolute Gasteiger partial charge is 0.342 e. The van der Waals surface area contributed by atoms with Crippen molar-refractivity contribution in [3.8, 4) is 0 Å². The van der Waals surface area contributed by atoms with Crippen molar-refractivity contribution in [2.24, 2.45) is 11.7 Å². The molecule has 27 heavy (non-hydrogen) atoms. The third kappa shape index (κ3) is 7.07. The summed E-state index contributed by atoms with van der Waals surface area (Å²) in [6.45, 7) is 6.99. The lowest BCUT2D eigenvalue weighted by Gasteiger charge is -2.23. The molecule has 1 atom stereocenters. The molecule has 0 radical (unpaired) electrons. The van der Waals surface area contributed by atoms with Crippen LogP contribution in [0.5, 0.6) is 0 Å². The topological polar surface area (TPSA) is 83.7 Å². The van der Waals surface area contributed by atoms with Gasteiger partial charge < -0.3 is 10.6 Å². The molecule has 0 aliphatic rings. The van der Waals surface area contributed by atoms with Gasteiger partial charge in [-0.1, -0.05) is 39.3 Å². The Morgan fingerprint density at radius 3 is 2.30 bits per heavy atom. The monoisotopic (exact) mass is 419 g/mol. The van der Waals surface area contributed by atoms with Crippen molar-refractivity contribution < 1.29 is 13.2 Å². The average Bonchev–Trinajstić information content (AvgIpc) is 2.62. The first-order valence-corrected chi connectivity index (χ1v) is 10.6. The highest BCUT2D eigenvalue weighted by Crippen LogP contribution is 2.21. The van der Waals surface area contributed by atoms with Gasteiger partial charge in [0.15, 0.2) is 0 Å². The number of hydrogen-bond acceptors (Lipinski definition) is 4. The number of nitrogens with zero attached hydrogens (tertiary/aromatic N) is 2. The maximum Gasteiger partial charge on any atom is 0.254 e. The second-order valence-corrected chi connectivity index (χ2v) is 9.11. The smallest absolute Gasteiger partial charge is 0.254 e. The van der Waals surface area contributed by atoms with Gasteiger partial charge in [0.2, 0.25) is 10.0 Å². The van der Waals surface area contributed by atoms with E-state index in [0.29, 0.717) is 19.5 Å². The molecule has 6 nitrogen and oxygen atoms in total. The number of hydrogen-bond donors (Lipinski definition) is 1. The highest BCUT2D eigenvalue weighted by atomic mass is 35.5. The van der Waals surface area contributed by atoms with Crippen molar-refractivity contribution in [3.05, 3.63) is 29.8 Å². The maximum atomic E-state index is 13.0. The summed E-state index contributed by atoms with van der Waals surface area (Å²) in [5, 5.41) is 0. The number of benzene rings is 1. The minimum atomic E-state index is -3.76. The molecule has 1 aromatic carbocycles. The molecule has 0 heterocycles. The number of sulfonamides is 1. The molecule has 0 aliphatic heterocycles. The second kappa shape index (κ2) is 11.6. The number of halogens is 1. The van der Waals surface area contributed by atoms with Gasteiger partial charge in [0.25, 0.3) is 5.91 Å². The van der Waals surface area contributed by atoms with E-state index >= 15 is 0 Å². The molecule has 0 bridgehead atoms. The Labute approximate surface area is 170 Å². The molecule has 8 heteroatoms.